The van der Waals surface area contributed by atoms with Gasteiger partial charge >= 0.3 is 0 Å². The number of ether oxygens (including phenoxy) is 2. The fraction of sp³-hybridized carbons (Fsp3) is 0.448. The highest BCUT2D eigenvalue weighted by atomic mass is 16.6. The summed E-state index contributed by atoms with van der Waals surface area (Å²) < 4.78 is 10.6. The van der Waals surface area contributed by atoms with Gasteiger partial charge in [0, 0.05) is 12.8 Å². The zero-order chi connectivity index (χ0) is 27.3. The van der Waals surface area contributed by atoms with Crippen LogP contribution in [0.4, 0.5) is 0 Å². The Balaban J connectivity index is 1.56. The van der Waals surface area contributed by atoms with Gasteiger partial charge in [0.05, 0.1) is 19.8 Å². The smallest absolute Gasteiger partial charge is 0.246 e. The van der Waals surface area contributed by atoms with Crippen LogP contribution in [0.5, 0.6) is 5.75 Å². The number of hydrogen-bond donors (Lipinski definition) is 3. The zero-order valence-corrected chi connectivity index (χ0v) is 22.0. The minimum absolute atomic E-state index is 0.186. The lowest BCUT2D eigenvalue weighted by atomic mass is 9.89. The molecule has 4 rings (SSSR count). The van der Waals surface area contributed by atoms with Crippen molar-refractivity contribution in [3.8, 4) is 5.75 Å². The first-order valence-corrected chi connectivity index (χ1v) is 12.9. The number of ketones is 1. The third kappa shape index (κ3) is 6.58. The van der Waals surface area contributed by atoms with Gasteiger partial charge in [0.1, 0.15) is 22.9 Å². The summed E-state index contributed by atoms with van der Waals surface area (Å²) in [6.07, 6.45) is 1.89. The fourth-order valence-electron chi connectivity index (χ4n) is 4.68. The summed E-state index contributed by atoms with van der Waals surface area (Å²) in [5, 5.41) is 8.50. The lowest BCUT2D eigenvalue weighted by Gasteiger charge is -2.34. The van der Waals surface area contributed by atoms with Gasteiger partial charge in [-0.3, -0.25) is 19.2 Å². The number of methoxy groups -OCH3 is 1. The number of epoxide rings is 1. The third-order valence-corrected chi connectivity index (χ3v) is 7.23. The first-order valence-electron chi connectivity index (χ1n) is 12.9. The Bertz CT molecular complexity index is 1180. The Morgan fingerprint density at radius 2 is 1.61 bits per heavy atom. The van der Waals surface area contributed by atoms with E-state index in [4.69, 9.17) is 9.47 Å². The van der Waals surface area contributed by atoms with Crippen LogP contribution in [-0.4, -0.2) is 60.4 Å². The van der Waals surface area contributed by atoms with Gasteiger partial charge < -0.3 is 25.4 Å². The lowest BCUT2D eigenvalue weighted by molar-refractivity contribution is -0.138. The number of carbonyl (C=O) groups excluding carboxylic acids is 4. The molecule has 202 valence electrons. The average Bonchev–Trinajstić information content (AvgIpc) is 3.66. The topological polar surface area (TPSA) is 126 Å². The molecule has 0 aromatic heterocycles. The Morgan fingerprint density at radius 1 is 0.974 bits per heavy atom. The van der Waals surface area contributed by atoms with Crippen LogP contribution in [0.1, 0.15) is 44.2 Å². The molecule has 2 aromatic carbocycles. The van der Waals surface area contributed by atoms with E-state index >= 15 is 0 Å². The highest BCUT2D eigenvalue weighted by molar-refractivity contribution is 5.99. The molecular formula is C29H35N3O6. The highest BCUT2D eigenvalue weighted by Gasteiger charge is 2.50. The van der Waals surface area contributed by atoms with Crippen LogP contribution >= 0.6 is 0 Å². The molecule has 2 aliphatic rings. The number of rotatable bonds is 11. The first kappa shape index (κ1) is 27.3. The quantitative estimate of drug-likeness (QED) is 0.388. The minimum atomic E-state index is -1.12. The van der Waals surface area contributed by atoms with E-state index in [0.717, 1.165) is 11.1 Å². The van der Waals surface area contributed by atoms with E-state index in [0.29, 0.717) is 38.0 Å². The average molecular weight is 522 g/mol. The second-order valence-electron chi connectivity index (χ2n) is 10.4. The van der Waals surface area contributed by atoms with E-state index in [2.05, 4.69) is 16.0 Å². The Labute approximate surface area is 222 Å². The molecule has 2 heterocycles. The number of Topliss-reactive ketones (excluding diaryl/α,β-unsaturated/α-hetero) is 1. The molecule has 0 aliphatic carbocycles. The van der Waals surface area contributed by atoms with Crippen LogP contribution in [0.25, 0.3) is 0 Å². The lowest BCUT2D eigenvalue weighted by Crippen LogP contribution is -2.63. The van der Waals surface area contributed by atoms with Crippen LogP contribution in [0, 0.1) is 0 Å². The second-order valence-corrected chi connectivity index (χ2v) is 10.4. The molecule has 4 unspecified atom stereocenters. The number of nitrogens with one attached hydrogen (secondary N) is 3. The fourth-order valence-corrected chi connectivity index (χ4v) is 4.68. The van der Waals surface area contributed by atoms with Gasteiger partial charge in [0.25, 0.3) is 0 Å². The van der Waals surface area contributed by atoms with Gasteiger partial charge in [-0.05, 0) is 56.4 Å². The summed E-state index contributed by atoms with van der Waals surface area (Å²) in [6, 6.07) is 14.8. The van der Waals surface area contributed by atoms with Crippen molar-refractivity contribution in [1.29, 1.82) is 0 Å². The van der Waals surface area contributed by atoms with E-state index in [1.807, 2.05) is 42.5 Å². The van der Waals surface area contributed by atoms with Crippen molar-refractivity contribution in [3.63, 3.8) is 0 Å². The zero-order valence-electron chi connectivity index (χ0n) is 22.0. The molecule has 38 heavy (non-hydrogen) atoms. The van der Waals surface area contributed by atoms with Gasteiger partial charge in [-0.2, -0.15) is 0 Å². The number of benzene rings is 2. The van der Waals surface area contributed by atoms with Crippen molar-refractivity contribution in [3.05, 3.63) is 65.7 Å². The van der Waals surface area contributed by atoms with Gasteiger partial charge in [-0.1, -0.05) is 42.5 Å². The SMILES string of the molecule is COc1ccc(CC(NC(=O)C2(C)CCCC(=O)N2)C(=O)NC(Cc2ccccc2)C(=O)C2(C)CO2)cc1. The molecule has 3 amide bonds. The largest absolute Gasteiger partial charge is 0.497 e. The first-order chi connectivity index (χ1) is 18.1. The predicted molar refractivity (Wildman–Crippen MR) is 140 cm³/mol. The van der Waals surface area contributed by atoms with Crippen LogP contribution in [0.15, 0.2) is 54.6 Å². The summed E-state index contributed by atoms with van der Waals surface area (Å²) >= 11 is 0. The predicted octanol–water partition coefficient (Wildman–Crippen LogP) is 1.87. The molecule has 3 N–H and O–H groups in total. The standard InChI is InChI=1S/C29H35N3O6/c1-28(15-7-10-24(33)32-28)27(36)31-23(17-20-11-13-21(37-3)14-12-20)26(35)30-22(25(34)29(2)18-38-29)16-19-8-5-4-6-9-19/h4-6,8-9,11-14,22-23H,7,10,15-18H2,1-3H3,(H,30,35)(H,31,36)(H,32,33). The van der Waals surface area contributed by atoms with Crippen LogP contribution in [-0.2, 0) is 36.8 Å². The molecule has 0 spiro atoms. The molecular weight excluding hydrogens is 486 g/mol. The summed E-state index contributed by atoms with van der Waals surface area (Å²) in [6.45, 7) is 3.68. The Hall–Kier alpha value is -3.72. The van der Waals surface area contributed by atoms with Crippen molar-refractivity contribution in [2.75, 3.05) is 13.7 Å². The maximum atomic E-state index is 13.7. The highest BCUT2D eigenvalue weighted by Crippen LogP contribution is 2.29. The van der Waals surface area contributed by atoms with E-state index < -0.39 is 35.0 Å². The van der Waals surface area contributed by atoms with Crippen molar-refractivity contribution in [2.24, 2.45) is 0 Å². The molecule has 0 bridgehead atoms. The molecule has 2 aromatic rings. The van der Waals surface area contributed by atoms with E-state index in [-0.39, 0.29) is 18.1 Å². The van der Waals surface area contributed by atoms with Gasteiger partial charge in [0.2, 0.25) is 17.7 Å². The van der Waals surface area contributed by atoms with Crippen LogP contribution in [0.3, 0.4) is 0 Å². The number of amides is 3. The Morgan fingerprint density at radius 3 is 2.21 bits per heavy atom. The molecule has 2 aliphatic heterocycles. The van der Waals surface area contributed by atoms with Gasteiger partial charge in [-0.25, -0.2) is 0 Å². The summed E-state index contributed by atoms with van der Waals surface area (Å²) in [7, 11) is 1.57. The van der Waals surface area contributed by atoms with E-state index in [1.54, 1.807) is 33.1 Å². The molecule has 0 radical (unpaired) electrons. The van der Waals surface area contributed by atoms with E-state index in [9.17, 15) is 19.2 Å². The van der Waals surface area contributed by atoms with Crippen LogP contribution < -0.4 is 20.7 Å². The van der Waals surface area contributed by atoms with Crippen LogP contribution in [0.2, 0.25) is 0 Å². The summed E-state index contributed by atoms with van der Waals surface area (Å²) in [4.78, 5) is 52.3. The maximum absolute atomic E-state index is 13.7. The van der Waals surface area contributed by atoms with E-state index in [1.165, 1.54) is 0 Å². The molecule has 4 atom stereocenters. The Kier molecular flexibility index (Phi) is 8.16. The monoisotopic (exact) mass is 521 g/mol. The number of carbonyl (C=O) groups is 4. The van der Waals surface area contributed by atoms with Crippen molar-refractivity contribution < 1.29 is 28.7 Å². The summed E-state index contributed by atoms with van der Waals surface area (Å²) in [5.74, 6) is -0.671. The number of piperidine rings is 1. The summed E-state index contributed by atoms with van der Waals surface area (Å²) in [5.41, 5.74) is -0.361. The third-order valence-electron chi connectivity index (χ3n) is 7.23. The molecule has 9 heteroatoms. The van der Waals surface area contributed by atoms with Gasteiger partial charge in [0.15, 0.2) is 5.78 Å². The normalized spacial score (nSPS) is 23.9. The van der Waals surface area contributed by atoms with Crippen molar-refractivity contribution in [2.45, 2.75) is 69.2 Å². The minimum Gasteiger partial charge on any atom is -0.497 e. The van der Waals surface area contributed by atoms with Crippen molar-refractivity contribution in [1.82, 2.24) is 16.0 Å². The van der Waals surface area contributed by atoms with Gasteiger partial charge in [-0.15, -0.1) is 0 Å². The molecule has 2 fully saturated rings. The second kappa shape index (κ2) is 11.3. The number of hydrogen-bond acceptors (Lipinski definition) is 6. The maximum Gasteiger partial charge on any atom is 0.246 e. The van der Waals surface area contributed by atoms with Crippen molar-refractivity contribution >= 4 is 23.5 Å². The molecule has 2 saturated heterocycles. The molecule has 9 nitrogen and oxygen atoms in total. The molecule has 0 saturated carbocycles.